The van der Waals surface area contributed by atoms with Gasteiger partial charge in [0.2, 0.25) is 10.0 Å². The number of H-pyrrole nitrogens is 1. The van der Waals surface area contributed by atoms with E-state index in [1.165, 1.54) is 12.1 Å². The van der Waals surface area contributed by atoms with Crippen molar-refractivity contribution in [3.63, 3.8) is 0 Å². The van der Waals surface area contributed by atoms with Gasteiger partial charge in [-0.25, -0.2) is 8.42 Å². The number of aromatic nitrogens is 1. The van der Waals surface area contributed by atoms with E-state index in [-0.39, 0.29) is 29.9 Å². The Bertz CT molecular complexity index is 1600. The molecule has 0 saturated heterocycles. The molecule has 212 valence electrons. The zero-order valence-electron chi connectivity index (χ0n) is 22.6. The third-order valence-corrected chi connectivity index (χ3v) is 7.01. The zero-order chi connectivity index (χ0) is 28.9. The average molecular weight is 567 g/mol. The van der Waals surface area contributed by atoms with E-state index in [9.17, 15) is 23.4 Å². The number of aromatic amines is 1. The van der Waals surface area contributed by atoms with Gasteiger partial charge in [0.15, 0.2) is 0 Å². The number of amides is 1. The summed E-state index contributed by atoms with van der Waals surface area (Å²) in [5.74, 6) is 0.313. The van der Waals surface area contributed by atoms with E-state index in [1.54, 1.807) is 13.2 Å². The summed E-state index contributed by atoms with van der Waals surface area (Å²) in [7, 11) is -1.97. The highest BCUT2D eigenvalue weighted by molar-refractivity contribution is 7.92. The number of phenolic OH excluding ortho intramolecular Hbond substituents is 1. The van der Waals surface area contributed by atoms with Gasteiger partial charge in [-0.3, -0.25) is 9.52 Å². The van der Waals surface area contributed by atoms with Crippen molar-refractivity contribution in [2.75, 3.05) is 24.6 Å². The molecule has 0 aliphatic rings. The minimum absolute atomic E-state index is 0.0141. The molecule has 2 atom stereocenters. The fraction of sp³-hybridized carbons (Fsp3) is 0.276. The van der Waals surface area contributed by atoms with E-state index in [0.717, 1.165) is 34.0 Å². The minimum Gasteiger partial charge on any atom is -0.506 e. The number of carbonyl (C=O) groups is 1. The van der Waals surface area contributed by atoms with Crippen LogP contribution in [0.4, 0.5) is 5.69 Å². The number of rotatable bonds is 12. The van der Waals surface area contributed by atoms with Crippen molar-refractivity contribution in [1.82, 2.24) is 15.6 Å². The summed E-state index contributed by atoms with van der Waals surface area (Å²) in [6.07, 6.45) is 0.762. The summed E-state index contributed by atoms with van der Waals surface area (Å²) in [6.45, 7) is 2.61. The Hall–Kier alpha value is -4.06. The molecule has 11 heteroatoms. The zero-order valence-corrected chi connectivity index (χ0v) is 23.4. The van der Waals surface area contributed by atoms with Gasteiger partial charge in [0.05, 0.1) is 25.2 Å². The molecular formula is C29H34N4O6S. The Morgan fingerprint density at radius 3 is 2.60 bits per heavy atom. The molecule has 1 heterocycles. The number of hydrogen-bond donors (Lipinski definition) is 6. The van der Waals surface area contributed by atoms with Crippen LogP contribution < -0.4 is 20.1 Å². The first-order valence-electron chi connectivity index (χ1n) is 12.8. The van der Waals surface area contributed by atoms with Gasteiger partial charge < -0.3 is 30.6 Å². The largest absolute Gasteiger partial charge is 0.506 e. The summed E-state index contributed by atoms with van der Waals surface area (Å²) in [4.78, 5) is 15.9. The lowest BCUT2D eigenvalue weighted by molar-refractivity contribution is 0.0946. The van der Waals surface area contributed by atoms with Gasteiger partial charge in [-0.2, -0.15) is 0 Å². The third-order valence-electron chi connectivity index (χ3n) is 6.42. The van der Waals surface area contributed by atoms with Crippen LogP contribution in [0.5, 0.6) is 11.5 Å². The lowest BCUT2D eigenvalue weighted by atomic mass is 10.0. The Morgan fingerprint density at radius 2 is 1.85 bits per heavy atom. The maximum atomic E-state index is 12.7. The van der Waals surface area contributed by atoms with Crippen LogP contribution >= 0.6 is 0 Å². The molecule has 0 unspecified atom stereocenters. The third kappa shape index (κ3) is 7.75. The van der Waals surface area contributed by atoms with Gasteiger partial charge in [0.25, 0.3) is 5.91 Å². The molecule has 6 N–H and O–H groups in total. The van der Waals surface area contributed by atoms with Gasteiger partial charge in [-0.1, -0.05) is 24.3 Å². The Labute approximate surface area is 233 Å². The average Bonchev–Trinajstić information content (AvgIpc) is 3.34. The molecule has 1 amide bonds. The molecule has 0 aliphatic heterocycles. The number of anilines is 1. The number of methoxy groups -OCH3 is 1. The van der Waals surface area contributed by atoms with Crippen molar-refractivity contribution in [3.8, 4) is 11.5 Å². The molecule has 1 aromatic heterocycles. The smallest absolute Gasteiger partial charge is 0.267 e. The summed E-state index contributed by atoms with van der Waals surface area (Å²) < 4.78 is 30.5. The second-order valence-electron chi connectivity index (χ2n) is 9.82. The van der Waals surface area contributed by atoms with Gasteiger partial charge in [-0.05, 0) is 72.5 Å². The molecule has 0 aliphatic carbocycles. The number of benzene rings is 3. The molecule has 0 spiro atoms. The molecule has 40 heavy (non-hydrogen) atoms. The number of carbonyl (C=O) groups excluding carboxylic acids is 1. The fourth-order valence-electron chi connectivity index (χ4n) is 4.39. The van der Waals surface area contributed by atoms with Crippen molar-refractivity contribution in [1.29, 1.82) is 0 Å². The van der Waals surface area contributed by atoms with Gasteiger partial charge >= 0.3 is 0 Å². The van der Waals surface area contributed by atoms with E-state index in [1.807, 2.05) is 55.5 Å². The van der Waals surface area contributed by atoms with Gasteiger partial charge in [0, 0.05) is 30.0 Å². The minimum atomic E-state index is -3.57. The van der Waals surface area contributed by atoms with Crippen molar-refractivity contribution in [2.45, 2.75) is 32.0 Å². The van der Waals surface area contributed by atoms with Crippen LogP contribution in [-0.4, -0.2) is 55.5 Å². The lowest BCUT2D eigenvalue weighted by Gasteiger charge is -2.18. The maximum absolute atomic E-state index is 12.7. The highest BCUT2D eigenvalue weighted by atomic mass is 32.2. The summed E-state index contributed by atoms with van der Waals surface area (Å²) >= 11 is 0. The van der Waals surface area contributed by atoms with E-state index >= 15 is 0 Å². The summed E-state index contributed by atoms with van der Waals surface area (Å²) in [5.41, 5.74) is 3.82. The number of aliphatic hydroxyl groups excluding tert-OH is 1. The number of hydrogen-bond acceptors (Lipinski definition) is 7. The first-order chi connectivity index (χ1) is 19.0. The van der Waals surface area contributed by atoms with E-state index in [0.29, 0.717) is 24.2 Å². The van der Waals surface area contributed by atoms with Crippen molar-refractivity contribution in [3.05, 3.63) is 89.1 Å². The predicted molar refractivity (Wildman–Crippen MR) is 155 cm³/mol. The van der Waals surface area contributed by atoms with E-state index < -0.39 is 16.1 Å². The first-order valence-corrected chi connectivity index (χ1v) is 14.6. The molecule has 0 saturated carbocycles. The second-order valence-corrected chi connectivity index (χ2v) is 11.6. The van der Waals surface area contributed by atoms with Crippen LogP contribution in [0.15, 0.2) is 66.7 Å². The molecule has 0 radical (unpaired) electrons. The summed E-state index contributed by atoms with van der Waals surface area (Å²) in [5, 5.41) is 27.7. The topological polar surface area (TPSA) is 153 Å². The normalized spacial score (nSPS) is 13.1. The lowest BCUT2D eigenvalue weighted by Crippen LogP contribution is -2.32. The van der Waals surface area contributed by atoms with Crippen molar-refractivity contribution >= 4 is 32.5 Å². The van der Waals surface area contributed by atoms with Gasteiger partial charge in [0.1, 0.15) is 17.2 Å². The number of sulfonamides is 1. The van der Waals surface area contributed by atoms with Gasteiger partial charge in [-0.15, -0.1) is 0 Å². The first kappa shape index (κ1) is 28.9. The van der Waals surface area contributed by atoms with Crippen LogP contribution in [0.25, 0.3) is 10.9 Å². The quantitative estimate of drug-likeness (QED) is 0.144. The second kappa shape index (κ2) is 12.4. The molecule has 4 aromatic rings. The highest BCUT2D eigenvalue weighted by Crippen LogP contribution is 2.28. The van der Waals surface area contributed by atoms with Crippen LogP contribution in [0.3, 0.4) is 0 Å². The molecule has 0 bridgehead atoms. The van der Waals surface area contributed by atoms with Crippen molar-refractivity contribution < 1.29 is 28.2 Å². The SMILES string of the molecule is COc1cccc(CNC(=O)c2cc3cc(C[C@@H](C)NC[C@H](O)c4ccc(O)c(NS(C)(=O)=O)c4)ccc3[nH]2)c1. The summed E-state index contributed by atoms with van der Waals surface area (Å²) in [6, 6.07) is 19.6. The number of fused-ring (bicyclic) bond motifs is 1. The number of ether oxygens (including phenoxy) is 1. The number of nitrogens with one attached hydrogen (secondary N) is 4. The number of phenols is 1. The number of aliphatic hydroxyl groups is 1. The molecular weight excluding hydrogens is 532 g/mol. The van der Waals surface area contributed by atoms with E-state index in [4.69, 9.17) is 4.74 Å². The highest BCUT2D eigenvalue weighted by Gasteiger charge is 2.15. The van der Waals surface area contributed by atoms with Crippen LogP contribution in [-0.2, 0) is 23.0 Å². The standard InChI is InChI=1S/C29H34N4O6S/c1-18(30-17-28(35)21-8-10-27(34)25(14-21)33-40(3,37)38)11-19-7-9-24-22(12-19)15-26(32-24)29(36)31-16-20-5-4-6-23(13-20)39-2/h4-10,12-15,18,28,30,32-35H,11,16-17H2,1-3H3,(H,31,36)/t18-,28+/m1/s1. The monoisotopic (exact) mass is 566 g/mol. The molecule has 4 rings (SSSR count). The Balaban J connectivity index is 1.33. The molecule has 0 fully saturated rings. The van der Waals surface area contributed by atoms with Crippen LogP contribution in [0, 0.1) is 0 Å². The molecule has 3 aromatic carbocycles. The van der Waals surface area contributed by atoms with Crippen molar-refractivity contribution in [2.24, 2.45) is 0 Å². The van der Waals surface area contributed by atoms with E-state index in [2.05, 4.69) is 20.3 Å². The predicted octanol–water partition coefficient (Wildman–Crippen LogP) is 3.44. The van der Waals surface area contributed by atoms with Crippen LogP contribution in [0.1, 0.15) is 40.2 Å². The Morgan fingerprint density at radius 1 is 1.05 bits per heavy atom. The number of aromatic hydroxyl groups is 1. The van der Waals surface area contributed by atoms with Crippen LogP contribution in [0.2, 0.25) is 0 Å². The molecule has 10 nitrogen and oxygen atoms in total. The maximum Gasteiger partial charge on any atom is 0.267 e. The fourth-order valence-corrected chi connectivity index (χ4v) is 4.95. The Kier molecular flexibility index (Phi) is 8.98.